The Morgan fingerprint density at radius 3 is 2.23 bits per heavy atom. The molecular weight excluding hydrogens is 470 g/mol. The quantitative estimate of drug-likeness (QED) is 0.357. The third-order valence-electron chi connectivity index (χ3n) is 6.16. The Labute approximate surface area is 206 Å². The van der Waals surface area contributed by atoms with Gasteiger partial charge in [0.2, 0.25) is 15.9 Å². The van der Waals surface area contributed by atoms with Gasteiger partial charge in [0.1, 0.15) is 11.8 Å². The van der Waals surface area contributed by atoms with Crippen molar-refractivity contribution in [3.8, 4) is 16.9 Å². The van der Waals surface area contributed by atoms with E-state index in [0.29, 0.717) is 18.8 Å². The number of carbonyl (C=O) groups excluding carboxylic acids is 2. The maximum Gasteiger partial charge on any atom is 0.261 e. The molecule has 0 unspecified atom stereocenters. The first kappa shape index (κ1) is 26.7. The van der Waals surface area contributed by atoms with E-state index in [0.717, 1.165) is 27.6 Å². The molecule has 1 fully saturated rings. The normalized spacial score (nSPS) is 18.8. The fourth-order valence-corrected chi connectivity index (χ4v) is 5.75. The van der Waals surface area contributed by atoms with Crippen molar-refractivity contribution < 1.29 is 28.0 Å². The number of hydrogen-bond donors (Lipinski definition) is 3. The van der Waals surface area contributed by atoms with Crippen LogP contribution in [0, 0.1) is 5.92 Å². The maximum atomic E-state index is 13.4. The van der Waals surface area contributed by atoms with E-state index in [4.69, 9.17) is 4.74 Å². The predicted molar refractivity (Wildman–Crippen MR) is 131 cm³/mol. The molecule has 2 aromatic carbocycles. The standard InChI is InChI=1S/C25H33N3O6S/c1-17(2)4-13-24(29)26-20-14-15-28(23(16-20)25(30)27-31)35(32,33)22-11-7-19(8-12-22)18-5-9-21(34-3)10-6-18/h5-12,17,20,23,31H,4,13-16H2,1-3H3,(H,26,29)(H,27,30)/t20-,23-/m1/s1. The number of nitrogens with zero attached hydrogens (tertiary/aromatic N) is 1. The highest BCUT2D eigenvalue weighted by molar-refractivity contribution is 7.89. The van der Waals surface area contributed by atoms with Crippen molar-refractivity contribution in [3.05, 3.63) is 48.5 Å². The third kappa shape index (κ3) is 6.59. The van der Waals surface area contributed by atoms with Crippen molar-refractivity contribution in [3.63, 3.8) is 0 Å². The number of ether oxygens (including phenoxy) is 1. The van der Waals surface area contributed by atoms with Crippen molar-refractivity contribution in [2.24, 2.45) is 5.92 Å². The number of hydrogen-bond acceptors (Lipinski definition) is 6. The van der Waals surface area contributed by atoms with Gasteiger partial charge in [-0.05, 0) is 60.6 Å². The first-order valence-electron chi connectivity index (χ1n) is 11.7. The fraction of sp³-hybridized carbons (Fsp3) is 0.440. The van der Waals surface area contributed by atoms with E-state index >= 15 is 0 Å². The van der Waals surface area contributed by atoms with Gasteiger partial charge in [-0.3, -0.25) is 14.8 Å². The molecule has 0 aliphatic carbocycles. The van der Waals surface area contributed by atoms with E-state index in [1.165, 1.54) is 12.1 Å². The van der Waals surface area contributed by atoms with Crippen LogP contribution in [-0.4, -0.2) is 55.5 Å². The molecular formula is C25H33N3O6S. The van der Waals surface area contributed by atoms with Crippen LogP contribution in [0.15, 0.2) is 53.4 Å². The zero-order chi connectivity index (χ0) is 25.6. The second-order valence-corrected chi connectivity index (χ2v) is 11.0. The van der Waals surface area contributed by atoms with Gasteiger partial charge in [0.05, 0.1) is 12.0 Å². The highest BCUT2D eigenvalue weighted by Crippen LogP contribution is 2.29. The third-order valence-corrected chi connectivity index (χ3v) is 8.09. The van der Waals surface area contributed by atoms with Gasteiger partial charge < -0.3 is 10.1 Å². The number of carbonyl (C=O) groups is 2. The predicted octanol–water partition coefficient (Wildman–Crippen LogP) is 2.94. The van der Waals surface area contributed by atoms with Gasteiger partial charge in [-0.25, -0.2) is 13.9 Å². The summed E-state index contributed by atoms with van der Waals surface area (Å²) in [4.78, 5) is 24.7. The minimum atomic E-state index is -4.02. The topological polar surface area (TPSA) is 125 Å². The molecule has 0 bridgehead atoms. The molecule has 10 heteroatoms. The van der Waals surface area contributed by atoms with E-state index in [1.807, 2.05) is 38.1 Å². The summed E-state index contributed by atoms with van der Waals surface area (Å²) in [7, 11) is -2.43. The zero-order valence-electron chi connectivity index (χ0n) is 20.2. The van der Waals surface area contributed by atoms with E-state index in [9.17, 15) is 23.2 Å². The lowest BCUT2D eigenvalue weighted by molar-refractivity contribution is -0.135. The Hall–Kier alpha value is -2.95. The number of rotatable bonds is 9. The minimum absolute atomic E-state index is 0.0375. The zero-order valence-corrected chi connectivity index (χ0v) is 21.0. The number of methoxy groups -OCH3 is 1. The summed E-state index contributed by atoms with van der Waals surface area (Å²) in [5, 5.41) is 12.1. The molecule has 1 heterocycles. The molecule has 2 amide bonds. The van der Waals surface area contributed by atoms with Crippen LogP contribution in [-0.2, 0) is 19.6 Å². The first-order valence-corrected chi connectivity index (χ1v) is 13.1. The lowest BCUT2D eigenvalue weighted by atomic mass is 9.98. The van der Waals surface area contributed by atoms with Crippen molar-refractivity contribution in [2.45, 2.75) is 56.5 Å². The van der Waals surface area contributed by atoms with Crippen molar-refractivity contribution in [1.29, 1.82) is 0 Å². The SMILES string of the molecule is COc1ccc(-c2ccc(S(=O)(=O)N3CC[C@@H](NC(=O)CCC(C)C)C[C@@H]3C(=O)NO)cc2)cc1. The number of piperidine rings is 1. The smallest absolute Gasteiger partial charge is 0.261 e. The molecule has 0 saturated carbocycles. The molecule has 1 aliphatic heterocycles. The number of hydroxylamine groups is 1. The first-order chi connectivity index (χ1) is 16.6. The number of benzene rings is 2. The molecule has 1 aliphatic rings. The van der Waals surface area contributed by atoms with Crippen LogP contribution in [0.4, 0.5) is 0 Å². The van der Waals surface area contributed by atoms with Crippen molar-refractivity contribution in [1.82, 2.24) is 15.1 Å². The van der Waals surface area contributed by atoms with Gasteiger partial charge in [0, 0.05) is 19.0 Å². The van der Waals surface area contributed by atoms with Gasteiger partial charge in [0.25, 0.3) is 5.91 Å². The van der Waals surface area contributed by atoms with Crippen LogP contribution in [0.5, 0.6) is 5.75 Å². The van der Waals surface area contributed by atoms with Crippen LogP contribution in [0.3, 0.4) is 0 Å². The lowest BCUT2D eigenvalue weighted by Gasteiger charge is -2.37. The molecule has 0 aromatic heterocycles. The van der Waals surface area contributed by atoms with Crippen LogP contribution >= 0.6 is 0 Å². The van der Waals surface area contributed by atoms with E-state index < -0.39 is 22.0 Å². The summed E-state index contributed by atoms with van der Waals surface area (Å²) in [6.07, 6.45) is 1.55. The van der Waals surface area contributed by atoms with E-state index in [1.54, 1.807) is 24.7 Å². The second kappa shape index (κ2) is 11.7. The lowest BCUT2D eigenvalue weighted by Crippen LogP contribution is -2.56. The number of sulfonamides is 1. The summed E-state index contributed by atoms with van der Waals surface area (Å²) in [5.41, 5.74) is 3.31. The van der Waals surface area contributed by atoms with Gasteiger partial charge in [-0.2, -0.15) is 4.31 Å². The summed E-state index contributed by atoms with van der Waals surface area (Å²) < 4.78 is 33.1. The summed E-state index contributed by atoms with van der Waals surface area (Å²) in [5.74, 6) is 0.152. The van der Waals surface area contributed by atoms with Crippen molar-refractivity contribution in [2.75, 3.05) is 13.7 Å². The Balaban J connectivity index is 1.76. The largest absolute Gasteiger partial charge is 0.497 e. The van der Waals surface area contributed by atoms with Crippen LogP contribution in [0.25, 0.3) is 11.1 Å². The highest BCUT2D eigenvalue weighted by Gasteiger charge is 2.41. The summed E-state index contributed by atoms with van der Waals surface area (Å²) in [6.45, 7) is 4.10. The summed E-state index contributed by atoms with van der Waals surface area (Å²) in [6, 6.07) is 12.3. The van der Waals surface area contributed by atoms with Crippen LogP contribution in [0.1, 0.15) is 39.5 Å². The van der Waals surface area contributed by atoms with Crippen LogP contribution < -0.4 is 15.5 Å². The maximum absolute atomic E-state index is 13.4. The van der Waals surface area contributed by atoms with E-state index in [2.05, 4.69) is 5.32 Å². The highest BCUT2D eigenvalue weighted by atomic mass is 32.2. The second-order valence-electron chi connectivity index (χ2n) is 9.08. The Morgan fingerprint density at radius 1 is 1.09 bits per heavy atom. The molecule has 2 aromatic rings. The Kier molecular flexibility index (Phi) is 8.87. The molecule has 0 radical (unpaired) electrons. The van der Waals surface area contributed by atoms with Gasteiger partial charge in [-0.1, -0.05) is 38.1 Å². The fourth-order valence-electron chi connectivity index (χ4n) is 4.13. The Morgan fingerprint density at radius 2 is 1.69 bits per heavy atom. The van der Waals surface area contributed by atoms with Gasteiger partial charge in [-0.15, -0.1) is 0 Å². The van der Waals surface area contributed by atoms with Gasteiger partial charge >= 0.3 is 0 Å². The molecule has 9 nitrogen and oxygen atoms in total. The molecule has 3 N–H and O–H groups in total. The van der Waals surface area contributed by atoms with Gasteiger partial charge in [0.15, 0.2) is 0 Å². The average molecular weight is 504 g/mol. The van der Waals surface area contributed by atoms with Crippen LogP contribution in [0.2, 0.25) is 0 Å². The molecule has 0 spiro atoms. The molecule has 2 atom stereocenters. The molecule has 35 heavy (non-hydrogen) atoms. The average Bonchev–Trinajstić information content (AvgIpc) is 2.87. The molecule has 3 rings (SSSR count). The number of nitrogens with one attached hydrogen (secondary N) is 2. The monoisotopic (exact) mass is 503 g/mol. The number of amides is 2. The van der Waals surface area contributed by atoms with E-state index in [-0.39, 0.29) is 29.8 Å². The van der Waals surface area contributed by atoms with Crippen molar-refractivity contribution >= 4 is 21.8 Å². The molecule has 1 saturated heterocycles. The Bertz CT molecular complexity index is 1120. The molecule has 190 valence electrons. The minimum Gasteiger partial charge on any atom is -0.497 e. The summed E-state index contributed by atoms with van der Waals surface area (Å²) >= 11 is 0.